The molecule has 0 saturated heterocycles. The summed E-state index contributed by atoms with van der Waals surface area (Å²) in [4.78, 5) is 11.9. The highest BCUT2D eigenvalue weighted by molar-refractivity contribution is 5.76. The predicted octanol–water partition coefficient (Wildman–Crippen LogP) is 2.17. The number of nitrogens with one attached hydrogen (secondary N) is 1. The van der Waals surface area contributed by atoms with Crippen molar-refractivity contribution in [2.75, 3.05) is 0 Å². The predicted molar refractivity (Wildman–Crippen MR) is 77.8 cm³/mol. The average molecular weight is 260 g/mol. The second kappa shape index (κ2) is 5.33. The van der Waals surface area contributed by atoms with Crippen LogP contribution in [0.3, 0.4) is 0 Å². The molecule has 2 atom stereocenters. The Hall–Kier alpha value is -1.35. The van der Waals surface area contributed by atoms with Crippen LogP contribution in [0.4, 0.5) is 0 Å². The van der Waals surface area contributed by atoms with Crippen molar-refractivity contribution in [2.24, 2.45) is 11.1 Å². The zero-order valence-electron chi connectivity index (χ0n) is 12.1. The van der Waals surface area contributed by atoms with Crippen LogP contribution in [0.2, 0.25) is 0 Å². The Morgan fingerprint density at radius 3 is 2.79 bits per heavy atom. The van der Waals surface area contributed by atoms with E-state index in [1.807, 2.05) is 6.07 Å². The van der Waals surface area contributed by atoms with Gasteiger partial charge in [0.15, 0.2) is 0 Å². The Kier molecular flexibility index (Phi) is 3.95. The topological polar surface area (TPSA) is 55.1 Å². The summed E-state index contributed by atoms with van der Waals surface area (Å²) in [5, 5.41) is 3.10. The van der Waals surface area contributed by atoms with Gasteiger partial charge in [-0.25, -0.2) is 0 Å². The normalized spacial score (nSPS) is 24.6. The minimum absolute atomic E-state index is 0.0268. The van der Waals surface area contributed by atoms with Gasteiger partial charge in [0.1, 0.15) is 0 Å². The van der Waals surface area contributed by atoms with E-state index in [2.05, 4.69) is 44.3 Å². The molecule has 3 nitrogen and oxygen atoms in total. The molecule has 0 bridgehead atoms. The lowest BCUT2D eigenvalue weighted by atomic mass is 9.63. The Labute approximate surface area is 115 Å². The van der Waals surface area contributed by atoms with Crippen molar-refractivity contribution in [1.29, 1.82) is 0 Å². The van der Waals surface area contributed by atoms with Crippen molar-refractivity contribution >= 4 is 5.91 Å². The third-order valence-corrected chi connectivity index (χ3v) is 4.40. The van der Waals surface area contributed by atoms with Gasteiger partial charge in [0, 0.05) is 23.9 Å². The Bertz CT molecular complexity index is 468. The largest absolute Gasteiger partial charge is 0.353 e. The molecule has 1 fully saturated rings. The van der Waals surface area contributed by atoms with Crippen LogP contribution in [0, 0.1) is 12.3 Å². The summed E-state index contributed by atoms with van der Waals surface area (Å²) in [5.41, 5.74) is 8.44. The van der Waals surface area contributed by atoms with Gasteiger partial charge in [0.05, 0.1) is 0 Å². The molecule has 1 amide bonds. The maximum absolute atomic E-state index is 11.9. The van der Waals surface area contributed by atoms with Gasteiger partial charge in [-0.2, -0.15) is 0 Å². The smallest absolute Gasteiger partial charge is 0.220 e. The highest BCUT2D eigenvalue weighted by Crippen LogP contribution is 2.38. The van der Waals surface area contributed by atoms with Gasteiger partial charge in [-0.05, 0) is 25.3 Å². The molecule has 0 aliphatic heterocycles. The van der Waals surface area contributed by atoms with Crippen LogP contribution in [0.1, 0.15) is 37.8 Å². The zero-order chi connectivity index (χ0) is 14.0. The molecule has 1 aromatic rings. The first-order valence-electron chi connectivity index (χ1n) is 7.00. The van der Waals surface area contributed by atoms with Gasteiger partial charge in [-0.15, -0.1) is 0 Å². The number of nitrogens with two attached hydrogens (primary N) is 1. The third kappa shape index (κ3) is 3.16. The number of aryl methyl sites for hydroxylation is 2. The van der Waals surface area contributed by atoms with Crippen molar-refractivity contribution in [1.82, 2.24) is 5.32 Å². The summed E-state index contributed by atoms with van der Waals surface area (Å²) < 4.78 is 0. The van der Waals surface area contributed by atoms with Gasteiger partial charge in [-0.1, -0.05) is 43.7 Å². The number of amides is 1. The highest BCUT2D eigenvalue weighted by atomic mass is 16.1. The Morgan fingerprint density at radius 1 is 1.47 bits per heavy atom. The second-order valence-electron chi connectivity index (χ2n) is 6.27. The molecule has 3 heteroatoms. The molecule has 1 aliphatic rings. The van der Waals surface area contributed by atoms with Gasteiger partial charge in [-0.3, -0.25) is 4.79 Å². The van der Waals surface area contributed by atoms with Crippen LogP contribution in [0.5, 0.6) is 0 Å². The average Bonchev–Trinajstić information content (AvgIpc) is 2.36. The van der Waals surface area contributed by atoms with Crippen molar-refractivity contribution in [2.45, 2.75) is 52.1 Å². The molecule has 3 N–H and O–H groups in total. The number of carbonyl (C=O) groups excluding carboxylic acids is 1. The number of rotatable bonds is 4. The molecular weight excluding hydrogens is 236 g/mol. The van der Waals surface area contributed by atoms with Gasteiger partial charge in [0.25, 0.3) is 0 Å². The maximum atomic E-state index is 11.9. The molecule has 1 aliphatic carbocycles. The first-order valence-corrected chi connectivity index (χ1v) is 7.00. The van der Waals surface area contributed by atoms with Crippen LogP contribution < -0.4 is 11.1 Å². The molecule has 1 saturated carbocycles. The van der Waals surface area contributed by atoms with Crippen molar-refractivity contribution in [3.8, 4) is 0 Å². The van der Waals surface area contributed by atoms with E-state index in [1.165, 1.54) is 11.1 Å². The zero-order valence-corrected chi connectivity index (χ0v) is 12.1. The lowest BCUT2D eigenvalue weighted by Gasteiger charge is -2.50. The minimum Gasteiger partial charge on any atom is -0.353 e. The number of hydrogen-bond acceptors (Lipinski definition) is 2. The molecule has 1 aromatic carbocycles. The minimum atomic E-state index is 0.0268. The SMILES string of the molecule is Cc1cccc(CCC(=O)NC2CC(N)C2(C)C)c1. The first kappa shape index (κ1) is 14.1. The van der Waals surface area contributed by atoms with E-state index >= 15 is 0 Å². The Balaban J connectivity index is 1.80. The summed E-state index contributed by atoms with van der Waals surface area (Å²) in [5.74, 6) is 0.131. The van der Waals surface area contributed by atoms with Crippen LogP contribution in [0.25, 0.3) is 0 Å². The fourth-order valence-electron chi connectivity index (χ4n) is 2.60. The van der Waals surface area contributed by atoms with E-state index in [9.17, 15) is 4.79 Å². The van der Waals surface area contributed by atoms with E-state index in [0.717, 1.165) is 12.8 Å². The third-order valence-electron chi connectivity index (χ3n) is 4.40. The molecule has 0 heterocycles. The van der Waals surface area contributed by atoms with Crippen LogP contribution >= 0.6 is 0 Å². The van der Waals surface area contributed by atoms with E-state index in [1.54, 1.807) is 0 Å². The van der Waals surface area contributed by atoms with Crippen LogP contribution in [-0.4, -0.2) is 18.0 Å². The fourth-order valence-corrected chi connectivity index (χ4v) is 2.60. The molecule has 2 unspecified atom stereocenters. The molecule has 104 valence electrons. The number of hydrogen-bond donors (Lipinski definition) is 2. The number of carbonyl (C=O) groups is 1. The molecular formula is C16H24N2O. The first-order chi connectivity index (χ1) is 8.89. The summed E-state index contributed by atoms with van der Waals surface area (Å²) in [6.07, 6.45) is 2.24. The van der Waals surface area contributed by atoms with E-state index in [4.69, 9.17) is 5.73 Å². The van der Waals surface area contributed by atoms with Crippen molar-refractivity contribution in [3.05, 3.63) is 35.4 Å². The summed E-state index contributed by atoms with van der Waals surface area (Å²) in [6, 6.07) is 8.75. The van der Waals surface area contributed by atoms with Crippen LogP contribution in [-0.2, 0) is 11.2 Å². The summed E-state index contributed by atoms with van der Waals surface area (Å²) in [7, 11) is 0. The summed E-state index contributed by atoms with van der Waals surface area (Å²) in [6.45, 7) is 6.31. The lowest BCUT2D eigenvalue weighted by Crippen LogP contribution is -2.64. The van der Waals surface area contributed by atoms with Crippen LogP contribution in [0.15, 0.2) is 24.3 Å². The van der Waals surface area contributed by atoms with Gasteiger partial charge >= 0.3 is 0 Å². The fraction of sp³-hybridized carbons (Fsp3) is 0.562. The quantitative estimate of drug-likeness (QED) is 0.871. The molecule has 2 rings (SSSR count). The molecule has 0 spiro atoms. The van der Waals surface area contributed by atoms with E-state index in [0.29, 0.717) is 6.42 Å². The van der Waals surface area contributed by atoms with Crippen molar-refractivity contribution in [3.63, 3.8) is 0 Å². The summed E-state index contributed by atoms with van der Waals surface area (Å²) >= 11 is 0. The number of benzene rings is 1. The maximum Gasteiger partial charge on any atom is 0.220 e. The molecule has 0 radical (unpaired) electrons. The lowest BCUT2D eigenvalue weighted by molar-refractivity contribution is -0.124. The standard InChI is InChI=1S/C16H24N2O/c1-11-5-4-6-12(9-11)7-8-15(19)18-14-10-13(17)16(14,2)3/h4-6,9,13-14H,7-8,10,17H2,1-3H3,(H,18,19). The molecule has 19 heavy (non-hydrogen) atoms. The Morgan fingerprint density at radius 2 is 2.21 bits per heavy atom. The highest BCUT2D eigenvalue weighted by Gasteiger charge is 2.46. The van der Waals surface area contributed by atoms with E-state index in [-0.39, 0.29) is 23.4 Å². The second-order valence-corrected chi connectivity index (χ2v) is 6.27. The van der Waals surface area contributed by atoms with Gasteiger partial charge in [0.2, 0.25) is 5.91 Å². The van der Waals surface area contributed by atoms with Gasteiger partial charge < -0.3 is 11.1 Å². The monoisotopic (exact) mass is 260 g/mol. The van der Waals surface area contributed by atoms with E-state index < -0.39 is 0 Å². The van der Waals surface area contributed by atoms with Crippen molar-refractivity contribution < 1.29 is 4.79 Å². The molecule has 0 aromatic heterocycles.